The molecule has 0 aliphatic heterocycles. The summed E-state index contributed by atoms with van der Waals surface area (Å²) in [5.41, 5.74) is 5.15. The van der Waals surface area contributed by atoms with Gasteiger partial charge in [0.2, 0.25) is 35.3 Å². The topological polar surface area (TPSA) is 592 Å². The molecular weight excluding hydrogens is 1540 g/mol. The number of halogens is 6. The van der Waals surface area contributed by atoms with E-state index in [9.17, 15) is 65.3 Å². The number of ether oxygens (including phenoxy) is 6. The van der Waals surface area contributed by atoms with E-state index in [0.29, 0.717) is 91.3 Å². The Labute approximate surface area is 638 Å². The molecule has 112 heavy (non-hydrogen) atoms. The molecule has 0 aliphatic carbocycles. The number of nitrogens with zero attached hydrogens (tertiary/aromatic N) is 15. The summed E-state index contributed by atoms with van der Waals surface area (Å²) in [6.45, 7) is 29.9. The molecule has 1 amide bonds. The van der Waals surface area contributed by atoms with Crippen LogP contribution < -0.4 is 5.73 Å². The van der Waals surface area contributed by atoms with E-state index in [1.54, 1.807) is 94.4 Å². The number of nitrogens with two attached hydrogens (primary N) is 1. The number of allylic oxidation sites excluding steroid dienone is 2. The van der Waals surface area contributed by atoms with E-state index in [0.717, 1.165) is 11.3 Å². The minimum atomic E-state index is -4.46. The first kappa shape index (κ1) is 111. The Bertz CT molecular complexity index is 3710. The summed E-state index contributed by atoms with van der Waals surface area (Å²) in [5, 5.41) is 50.5. The molecule has 6 heterocycles. The summed E-state index contributed by atoms with van der Waals surface area (Å²) in [7, 11) is 4.61. The number of aliphatic carboxylic acids is 1. The number of Topliss-reactive ketones (excluding diaryl/α,β-unsaturated/α-hetero) is 1. The summed E-state index contributed by atoms with van der Waals surface area (Å²) in [4.78, 5) is 132. The van der Waals surface area contributed by atoms with Crippen LogP contribution in [0, 0.1) is 64.7 Å². The zero-order valence-electron chi connectivity index (χ0n) is 65.2. The van der Waals surface area contributed by atoms with Crippen molar-refractivity contribution in [1.29, 1.82) is 5.26 Å². The number of aromatic nitrogens is 12. The lowest BCUT2D eigenvalue weighted by atomic mass is 10.1. The lowest BCUT2D eigenvalue weighted by Gasteiger charge is -2.16. The molecule has 6 aromatic rings. The number of carboxylic acids is 1. The number of carbonyl (C=O) groups is 10. The Morgan fingerprint density at radius 1 is 0.625 bits per heavy atom. The van der Waals surface area contributed by atoms with Gasteiger partial charge in [-0.3, -0.25) is 52.5 Å². The molecule has 0 fully saturated rings. The number of nitriles is 1. The summed E-state index contributed by atoms with van der Waals surface area (Å²) >= 11 is 0. The molecule has 0 saturated carbocycles. The highest BCUT2D eigenvalue weighted by atomic mass is 31.1. The summed E-state index contributed by atoms with van der Waals surface area (Å²) in [5.74, 6) is -0.540. The van der Waals surface area contributed by atoms with E-state index in [4.69, 9.17) is 58.2 Å². The molecule has 49 heteroatoms. The molecule has 8 atom stereocenters. The average Bonchev–Trinajstić information content (AvgIpc) is 1.69. The molecule has 6 rings (SSSR count). The number of rotatable bonds is 24. The fourth-order valence-electron chi connectivity index (χ4n) is 5.33. The van der Waals surface area contributed by atoms with Crippen molar-refractivity contribution in [2.75, 3.05) is 54.4 Å². The van der Waals surface area contributed by atoms with E-state index in [1.165, 1.54) is 68.4 Å². The molecule has 628 valence electrons. The predicted octanol–water partition coefficient (Wildman–Crippen LogP) is 8.79. The van der Waals surface area contributed by atoms with E-state index in [2.05, 4.69) is 103 Å². The molecule has 0 radical (unpaired) electrons. The van der Waals surface area contributed by atoms with Gasteiger partial charge in [0.15, 0.2) is 55.5 Å². The number of alkyl halides is 4. The Morgan fingerprint density at radius 2 is 0.973 bits per heavy atom. The van der Waals surface area contributed by atoms with Crippen LogP contribution in [0.1, 0.15) is 189 Å². The van der Waals surface area contributed by atoms with Crippen LogP contribution >= 0.6 is 8.46 Å². The maximum atomic E-state index is 11.6. The number of hydroxylamine groups is 2. The number of hydrogen-bond donors (Lipinski definition) is 3. The Kier molecular flexibility index (Phi) is 65.4. The highest BCUT2D eigenvalue weighted by Gasteiger charge is 2.26. The van der Waals surface area contributed by atoms with Crippen molar-refractivity contribution in [2.24, 2.45) is 22.7 Å². The predicted molar refractivity (Wildman–Crippen MR) is 368 cm³/mol. The first-order valence-corrected chi connectivity index (χ1v) is 32.7. The quantitative estimate of drug-likeness (QED) is 0.00486. The van der Waals surface area contributed by atoms with Crippen LogP contribution in [0.25, 0.3) is 0 Å². The minimum absolute atomic E-state index is 0.0302. The van der Waals surface area contributed by atoms with Gasteiger partial charge >= 0.3 is 36.2 Å². The zero-order chi connectivity index (χ0) is 87.8. The van der Waals surface area contributed by atoms with E-state index in [1.807, 2.05) is 13.8 Å². The molecule has 42 nitrogen and oxygen atoms in total. The molecular formula is C63H93F6N16O26P. The number of oxime groups is 1. The molecule has 0 saturated heterocycles. The standard InChI is InChI=1S/C9H12N2O3.C8H13N3O3.C8H10N2O3.C7H10N2O2.C6H8N2O3.C6H12N2O3.C6H8N2O2.C6H9NO2.C3H5O3P.C2H3F3O.C2H3FO.F2/c1-6(4-5-13-8(3)12)9-10-7(2)14-11-9;1-5(8(12)11(3)13-4)7-9-6(2)14-10-7;1-6(3-4-12-5-11)8-9-7(2)13-10-8;1-4(5(2)10)7-8-6(3)11-9-7;1-3(6(9)10)5-7-4(2)11-8-5;1-3-11-6(9)4(2)5(7)8-10;1-4(3-9)6-7-5(2)10-8-6;1-3-9-6(8)5(2)4-7;1-6-3(4)2-7-5;1-6-2(3,4)5;3-1-2-4;1-2/h4-6H,1-3H3;5H,1-4H3;3-6H,1-2H3;4H,1-3H3;3H,1-2H3,(H,9,10);4,10H,3H2,1-2H3,(H2,7,8);3-4H,1-2H3;5H,3H2,1-2H3;2H2,1H3;1H3;2H,1H2;/b5-4-;;4-3-;;;;;;;;;. The van der Waals surface area contributed by atoms with Gasteiger partial charge in [0.1, 0.15) is 48.6 Å². The van der Waals surface area contributed by atoms with Crippen LogP contribution in [-0.4, -0.2) is 203 Å². The third kappa shape index (κ3) is 56.3. The van der Waals surface area contributed by atoms with Crippen LogP contribution in [-0.2, 0) is 85.8 Å². The van der Waals surface area contributed by atoms with Gasteiger partial charge in [0.05, 0.1) is 57.9 Å². The van der Waals surface area contributed by atoms with Crippen molar-refractivity contribution in [3.8, 4) is 6.07 Å². The summed E-state index contributed by atoms with van der Waals surface area (Å²) < 4.78 is 121. The van der Waals surface area contributed by atoms with Gasteiger partial charge in [0, 0.05) is 83.6 Å². The van der Waals surface area contributed by atoms with Crippen LogP contribution in [0.2, 0.25) is 0 Å². The van der Waals surface area contributed by atoms with Crippen LogP contribution in [0.15, 0.2) is 57.0 Å². The fourth-order valence-corrected chi connectivity index (χ4v) is 5.57. The molecule has 4 N–H and O–H groups in total. The maximum Gasteiger partial charge on any atom is 0.522 e. The van der Waals surface area contributed by atoms with Crippen molar-refractivity contribution in [1.82, 2.24) is 65.9 Å². The number of ketones is 1. The van der Waals surface area contributed by atoms with Gasteiger partial charge in [-0.1, -0.05) is 49.9 Å². The van der Waals surface area contributed by atoms with E-state index < -0.39 is 60.6 Å². The molecule has 8 unspecified atom stereocenters. The van der Waals surface area contributed by atoms with Gasteiger partial charge in [-0.25, -0.2) is 9.45 Å². The van der Waals surface area contributed by atoms with Crippen molar-refractivity contribution in [2.45, 2.75) is 166 Å². The number of likely N-dealkylation sites (N-methyl/N-ethyl adjacent to an activating group) is 1. The number of esters is 4. The van der Waals surface area contributed by atoms with Crippen LogP contribution in [0.5, 0.6) is 0 Å². The number of carbonyl (C=O) groups excluding carboxylic acids is 9. The Morgan fingerprint density at radius 3 is 1.23 bits per heavy atom. The second-order valence-corrected chi connectivity index (χ2v) is 21.2. The monoisotopic (exact) mass is 1630 g/mol. The minimum Gasteiger partial charge on any atom is -0.481 e. The zero-order valence-corrected chi connectivity index (χ0v) is 66.1. The van der Waals surface area contributed by atoms with Crippen LogP contribution in [0.3, 0.4) is 0 Å². The van der Waals surface area contributed by atoms with Crippen LogP contribution in [0.4, 0.5) is 26.7 Å². The Balaban J connectivity index is -0.000000278. The maximum absolute atomic E-state index is 11.6. The van der Waals surface area contributed by atoms with Crippen molar-refractivity contribution >= 4 is 74.9 Å². The van der Waals surface area contributed by atoms with Gasteiger partial charge < -0.3 is 76.5 Å². The lowest BCUT2D eigenvalue weighted by Crippen LogP contribution is -2.30. The average molecular weight is 1640 g/mol. The normalized spacial score (nSPS) is 12.2. The second-order valence-electron chi connectivity index (χ2n) is 20.6. The molecule has 6 aromatic heterocycles. The number of aldehydes is 2. The second kappa shape index (κ2) is 66.0. The number of hydrogen-bond acceptors (Lipinski definition) is 39. The van der Waals surface area contributed by atoms with E-state index >= 15 is 0 Å². The SMILES string of the molecule is CC(=O)C(C)c1noc(C)n1.CC(=O)O/C=C\C(C)c1noc(C)n1.CCOC(=O)C(C)C#N.CCOC(=O)C(C)C(N)=NO.COC(=O)CP=O.COC(F)(F)F.CON(C)C(=O)C(C)c1noc(C)n1.Cc1nc(C(C)/C=C\OC=O)no1.Cc1nc(C(C)C(=O)O)no1.Cc1nc(C(C)C=O)no1.FF.O=CCF. The molecule has 0 aliphatic rings. The third-order valence-corrected chi connectivity index (χ3v) is 12.0. The largest absolute Gasteiger partial charge is 0.522 e. The van der Waals surface area contributed by atoms with Gasteiger partial charge in [-0.2, -0.15) is 35.2 Å². The number of carboxylic acid groups (broad SMARTS) is 1. The molecule has 0 bridgehead atoms. The highest BCUT2D eigenvalue weighted by Crippen LogP contribution is 2.17. The van der Waals surface area contributed by atoms with Crippen molar-refractivity contribution in [3.05, 3.63) is 95.0 Å². The summed E-state index contributed by atoms with van der Waals surface area (Å²) in [6, 6.07) is 1.77. The Hall–Kier alpha value is -12.0. The third-order valence-electron chi connectivity index (χ3n) is 11.6. The first-order valence-electron chi connectivity index (χ1n) is 31.7. The lowest BCUT2D eigenvalue weighted by molar-refractivity contribution is -0.311. The first-order chi connectivity index (χ1) is 52.5. The fraction of sp³-hybridized carbons (Fsp3) is 0.556. The number of aryl methyl sites for hydroxylation is 6. The molecule has 0 spiro atoms. The van der Waals surface area contributed by atoms with Crippen molar-refractivity contribution < 1.29 is 150 Å². The number of amides is 1. The smallest absolute Gasteiger partial charge is 0.481 e. The van der Waals surface area contributed by atoms with Crippen molar-refractivity contribution in [3.63, 3.8) is 0 Å². The van der Waals surface area contributed by atoms with Gasteiger partial charge in [0.25, 0.3) is 12.4 Å². The number of amidine groups is 1. The summed E-state index contributed by atoms with van der Waals surface area (Å²) in [6.07, 6.45) is 2.47. The highest BCUT2D eigenvalue weighted by molar-refractivity contribution is 7.25. The molecule has 0 aromatic carbocycles. The number of methoxy groups -OCH3 is 2. The van der Waals surface area contributed by atoms with Gasteiger partial charge in [-0.05, 0) is 74.5 Å². The van der Waals surface area contributed by atoms with E-state index in [-0.39, 0.29) is 73.9 Å². The van der Waals surface area contributed by atoms with Gasteiger partial charge in [-0.15, -0.1) is 13.2 Å².